The number of methoxy groups -OCH3 is 1. The van der Waals surface area contributed by atoms with Gasteiger partial charge in [0.25, 0.3) is 0 Å². The lowest BCUT2D eigenvalue weighted by molar-refractivity contribution is 0.414. The van der Waals surface area contributed by atoms with E-state index in [2.05, 4.69) is 12.8 Å². The molecule has 12 heavy (non-hydrogen) atoms. The molecule has 1 aromatic carbocycles. The number of aryl methyl sites for hydroxylation is 1. The molecule has 0 unspecified atom stereocenters. The summed E-state index contributed by atoms with van der Waals surface area (Å²) in [6.07, 6.45) is 6.27. The maximum atomic E-state index is 5.33. The van der Waals surface area contributed by atoms with Gasteiger partial charge in [0.15, 0.2) is 0 Å². The second kappa shape index (κ2) is 3.82. The van der Waals surface area contributed by atoms with Gasteiger partial charge in [-0.05, 0) is 30.2 Å². The summed E-state index contributed by atoms with van der Waals surface area (Å²) in [7, 11) is 1.66. The average Bonchev–Trinajstić information content (AvgIpc) is 2.16. The molecular weight excluding hydrogens is 148 g/mol. The topological polar surface area (TPSA) is 9.23 Å². The fraction of sp³-hybridized carbons (Fsp3) is 0.273. The van der Waals surface area contributed by atoms with Crippen LogP contribution in [0.25, 0.3) is 0 Å². The van der Waals surface area contributed by atoms with Crippen LogP contribution in [0.3, 0.4) is 0 Å². The largest absolute Gasteiger partial charge is 0.497 e. The van der Waals surface area contributed by atoms with Gasteiger partial charge in [-0.1, -0.05) is 12.8 Å². The first-order valence-electron chi connectivity index (χ1n) is 3.95. The van der Waals surface area contributed by atoms with Gasteiger partial charge < -0.3 is 4.74 Å². The van der Waals surface area contributed by atoms with E-state index < -0.39 is 0 Å². The Morgan fingerprint density at radius 2 is 2.25 bits per heavy atom. The number of terminal acetylenes is 1. The molecule has 0 atom stereocenters. The Hall–Kier alpha value is -1.42. The van der Waals surface area contributed by atoms with Crippen molar-refractivity contribution in [2.24, 2.45) is 0 Å². The normalized spacial score (nSPS) is 9.08. The van der Waals surface area contributed by atoms with Crippen LogP contribution in [-0.4, -0.2) is 7.11 Å². The fourth-order valence-corrected chi connectivity index (χ4v) is 1.13. The van der Waals surface area contributed by atoms with Crippen LogP contribution in [-0.2, 0) is 6.42 Å². The first-order chi connectivity index (χ1) is 5.81. The first-order valence-corrected chi connectivity index (χ1v) is 3.95. The number of hydrogen-bond acceptors (Lipinski definition) is 1. The Morgan fingerprint density at radius 1 is 1.50 bits per heavy atom. The highest BCUT2D eigenvalue weighted by Crippen LogP contribution is 2.17. The van der Waals surface area contributed by atoms with Crippen LogP contribution in [0, 0.1) is 12.3 Å². The SMILES string of the molecule is C#Cc1ccc(OC)cc1CC. The summed E-state index contributed by atoms with van der Waals surface area (Å²) in [5, 5.41) is 0. The van der Waals surface area contributed by atoms with Gasteiger partial charge in [0.1, 0.15) is 5.75 Å². The van der Waals surface area contributed by atoms with Gasteiger partial charge in [-0.3, -0.25) is 0 Å². The molecule has 0 aliphatic heterocycles. The zero-order chi connectivity index (χ0) is 8.97. The van der Waals surface area contributed by atoms with Crippen LogP contribution in [0.15, 0.2) is 18.2 Å². The summed E-state index contributed by atoms with van der Waals surface area (Å²) in [6, 6.07) is 5.78. The van der Waals surface area contributed by atoms with Crippen molar-refractivity contribution in [2.45, 2.75) is 13.3 Å². The Kier molecular flexibility index (Phi) is 2.76. The lowest BCUT2D eigenvalue weighted by atomic mass is 10.1. The van der Waals surface area contributed by atoms with Crippen molar-refractivity contribution in [1.29, 1.82) is 0 Å². The molecule has 0 saturated heterocycles. The van der Waals surface area contributed by atoms with E-state index in [1.165, 1.54) is 0 Å². The molecule has 1 rings (SSSR count). The molecule has 62 valence electrons. The predicted octanol–water partition coefficient (Wildman–Crippen LogP) is 2.24. The smallest absolute Gasteiger partial charge is 0.119 e. The zero-order valence-electron chi connectivity index (χ0n) is 7.42. The third-order valence-electron chi connectivity index (χ3n) is 1.85. The molecule has 0 N–H and O–H groups in total. The van der Waals surface area contributed by atoms with Crippen molar-refractivity contribution in [3.8, 4) is 18.1 Å². The first kappa shape index (κ1) is 8.67. The van der Waals surface area contributed by atoms with Crippen molar-refractivity contribution < 1.29 is 4.74 Å². The van der Waals surface area contributed by atoms with Gasteiger partial charge in [-0.2, -0.15) is 0 Å². The molecule has 0 amide bonds. The molecule has 0 spiro atoms. The Bertz CT molecular complexity index is 307. The maximum absolute atomic E-state index is 5.33. The summed E-state index contributed by atoms with van der Waals surface area (Å²) in [5.74, 6) is 3.51. The zero-order valence-corrected chi connectivity index (χ0v) is 7.42. The minimum absolute atomic E-state index is 0.867. The van der Waals surface area contributed by atoms with Crippen LogP contribution in [0.1, 0.15) is 18.1 Å². The van der Waals surface area contributed by atoms with Crippen LogP contribution >= 0.6 is 0 Å². The summed E-state index contributed by atoms with van der Waals surface area (Å²) in [6.45, 7) is 2.08. The van der Waals surface area contributed by atoms with Crippen molar-refractivity contribution in [3.63, 3.8) is 0 Å². The third kappa shape index (κ3) is 1.60. The molecule has 0 aliphatic rings. The fourth-order valence-electron chi connectivity index (χ4n) is 1.13. The van der Waals surface area contributed by atoms with Crippen LogP contribution in [0.5, 0.6) is 5.75 Å². The van der Waals surface area contributed by atoms with Gasteiger partial charge >= 0.3 is 0 Å². The maximum Gasteiger partial charge on any atom is 0.119 e. The van der Waals surface area contributed by atoms with Crippen LogP contribution in [0.2, 0.25) is 0 Å². The molecule has 0 radical (unpaired) electrons. The van der Waals surface area contributed by atoms with E-state index in [0.717, 1.165) is 23.3 Å². The monoisotopic (exact) mass is 160 g/mol. The van der Waals surface area contributed by atoms with Crippen molar-refractivity contribution in [2.75, 3.05) is 7.11 Å². The Balaban J connectivity index is 3.13. The van der Waals surface area contributed by atoms with Gasteiger partial charge in [-0.15, -0.1) is 6.42 Å². The van der Waals surface area contributed by atoms with E-state index in [0.29, 0.717) is 0 Å². The lowest BCUT2D eigenvalue weighted by Crippen LogP contribution is -1.89. The minimum atomic E-state index is 0.867. The predicted molar refractivity (Wildman–Crippen MR) is 50.3 cm³/mol. The van der Waals surface area contributed by atoms with E-state index in [-0.39, 0.29) is 0 Å². The van der Waals surface area contributed by atoms with E-state index in [1.54, 1.807) is 7.11 Å². The molecule has 0 fully saturated rings. The lowest BCUT2D eigenvalue weighted by Gasteiger charge is -2.04. The minimum Gasteiger partial charge on any atom is -0.497 e. The van der Waals surface area contributed by atoms with Crippen LogP contribution < -0.4 is 4.74 Å². The summed E-state index contributed by atoms with van der Waals surface area (Å²) in [5.41, 5.74) is 2.12. The number of rotatable bonds is 2. The van der Waals surface area contributed by atoms with Crippen molar-refractivity contribution >= 4 is 0 Å². The molecule has 0 saturated carbocycles. The van der Waals surface area contributed by atoms with E-state index in [1.807, 2.05) is 18.2 Å². The van der Waals surface area contributed by atoms with Gasteiger partial charge in [0, 0.05) is 5.56 Å². The highest BCUT2D eigenvalue weighted by atomic mass is 16.5. The van der Waals surface area contributed by atoms with Crippen LogP contribution in [0.4, 0.5) is 0 Å². The number of hydrogen-bond donors (Lipinski definition) is 0. The molecule has 0 bridgehead atoms. The van der Waals surface area contributed by atoms with Crippen molar-refractivity contribution in [1.82, 2.24) is 0 Å². The third-order valence-corrected chi connectivity index (χ3v) is 1.85. The molecular formula is C11H12O. The highest BCUT2D eigenvalue weighted by Gasteiger charge is 1.99. The summed E-state index contributed by atoms with van der Waals surface area (Å²) < 4.78 is 5.09. The second-order valence-electron chi connectivity index (χ2n) is 2.52. The molecule has 0 aliphatic carbocycles. The standard InChI is InChI=1S/C11H12O/c1-4-9-6-7-11(12-3)8-10(9)5-2/h1,6-8H,5H2,2-3H3. The van der Waals surface area contributed by atoms with Crippen molar-refractivity contribution in [3.05, 3.63) is 29.3 Å². The van der Waals surface area contributed by atoms with Gasteiger partial charge in [0.05, 0.1) is 7.11 Å². The highest BCUT2D eigenvalue weighted by molar-refractivity contribution is 5.44. The quantitative estimate of drug-likeness (QED) is 0.603. The van der Waals surface area contributed by atoms with E-state index >= 15 is 0 Å². The molecule has 1 heteroatoms. The number of benzene rings is 1. The Labute approximate surface area is 73.4 Å². The molecule has 0 aromatic heterocycles. The van der Waals surface area contributed by atoms with E-state index in [4.69, 9.17) is 11.2 Å². The molecule has 1 aromatic rings. The summed E-state index contributed by atoms with van der Waals surface area (Å²) >= 11 is 0. The van der Waals surface area contributed by atoms with Gasteiger partial charge in [0.2, 0.25) is 0 Å². The van der Waals surface area contributed by atoms with E-state index in [9.17, 15) is 0 Å². The molecule has 0 heterocycles. The number of ether oxygens (including phenoxy) is 1. The van der Waals surface area contributed by atoms with Gasteiger partial charge in [-0.25, -0.2) is 0 Å². The molecule has 1 nitrogen and oxygen atoms in total. The Morgan fingerprint density at radius 3 is 2.75 bits per heavy atom. The summed E-state index contributed by atoms with van der Waals surface area (Å²) in [4.78, 5) is 0. The second-order valence-corrected chi connectivity index (χ2v) is 2.52. The average molecular weight is 160 g/mol.